The average molecular weight is 255 g/mol. The van der Waals surface area contributed by atoms with E-state index in [2.05, 4.69) is 17.1 Å². The zero-order chi connectivity index (χ0) is 13.5. The van der Waals surface area contributed by atoms with Crippen LogP contribution in [-0.4, -0.2) is 17.4 Å². The fraction of sp³-hybridized carbons (Fsp3) is 0.200. The van der Waals surface area contributed by atoms with Crippen LogP contribution in [0.4, 0.5) is 0 Å². The fourth-order valence-corrected chi connectivity index (χ4v) is 1.72. The molecule has 2 rings (SSSR count). The van der Waals surface area contributed by atoms with Gasteiger partial charge in [0.2, 0.25) is 5.88 Å². The summed E-state index contributed by atoms with van der Waals surface area (Å²) in [4.78, 5) is 4.10. The Hall–Kier alpha value is -2.36. The van der Waals surface area contributed by atoms with Crippen molar-refractivity contribution in [3.05, 3.63) is 59.8 Å². The van der Waals surface area contributed by atoms with Gasteiger partial charge < -0.3 is 10.5 Å². The number of amidine groups is 1. The molecule has 0 amide bonds. The van der Waals surface area contributed by atoms with Gasteiger partial charge in [-0.2, -0.15) is 0 Å². The number of rotatable bonds is 6. The molecule has 98 valence electrons. The molecule has 19 heavy (non-hydrogen) atoms. The summed E-state index contributed by atoms with van der Waals surface area (Å²) in [5.74, 6) is 0.584. The number of aryl methyl sites for hydroxylation is 1. The van der Waals surface area contributed by atoms with Crippen molar-refractivity contribution in [3.63, 3.8) is 0 Å². The highest BCUT2D eigenvalue weighted by atomic mass is 16.5. The van der Waals surface area contributed by atoms with Crippen molar-refractivity contribution in [2.24, 2.45) is 5.73 Å². The van der Waals surface area contributed by atoms with Gasteiger partial charge in [-0.05, 0) is 24.5 Å². The number of benzene rings is 1. The molecule has 0 atom stereocenters. The maximum absolute atomic E-state index is 7.27. The molecule has 0 aliphatic carbocycles. The third-order valence-electron chi connectivity index (χ3n) is 2.75. The average Bonchev–Trinajstić information content (AvgIpc) is 2.45. The molecule has 0 saturated heterocycles. The van der Waals surface area contributed by atoms with Gasteiger partial charge in [-0.25, -0.2) is 4.98 Å². The monoisotopic (exact) mass is 255 g/mol. The molecule has 1 heterocycles. The molecule has 4 nitrogen and oxygen atoms in total. The van der Waals surface area contributed by atoms with Crippen LogP contribution in [0.1, 0.15) is 17.5 Å². The zero-order valence-electron chi connectivity index (χ0n) is 10.7. The van der Waals surface area contributed by atoms with Crippen molar-refractivity contribution in [1.82, 2.24) is 4.98 Å². The van der Waals surface area contributed by atoms with Gasteiger partial charge in [-0.15, -0.1) is 0 Å². The molecule has 0 fully saturated rings. The highest BCUT2D eigenvalue weighted by Gasteiger charge is 1.99. The van der Waals surface area contributed by atoms with Crippen molar-refractivity contribution < 1.29 is 4.74 Å². The first kappa shape index (κ1) is 13.1. The third kappa shape index (κ3) is 4.10. The van der Waals surface area contributed by atoms with Crippen LogP contribution in [0, 0.1) is 5.41 Å². The summed E-state index contributed by atoms with van der Waals surface area (Å²) in [6.45, 7) is 0.626. The van der Waals surface area contributed by atoms with Crippen LogP contribution in [0.15, 0.2) is 48.7 Å². The summed E-state index contributed by atoms with van der Waals surface area (Å²) in [5.41, 5.74) is 7.27. The Kier molecular flexibility index (Phi) is 4.50. The van der Waals surface area contributed by atoms with E-state index in [0.29, 0.717) is 18.1 Å². The zero-order valence-corrected chi connectivity index (χ0v) is 10.7. The summed E-state index contributed by atoms with van der Waals surface area (Å²) in [7, 11) is 0. The Morgan fingerprint density at radius 1 is 1.16 bits per heavy atom. The van der Waals surface area contributed by atoms with E-state index in [0.717, 1.165) is 12.8 Å². The Bertz CT molecular complexity index is 523. The van der Waals surface area contributed by atoms with Crippen LogP contribution in [0.5, 0.6) is 5.88 Å². The van der Waals surface area contributed by atoms with Crippen LogP contribution in [0.2, 0.25) is 0 Å². The van der Waals surface area contributed by atoms with E-state index >= 15 is 0 Å². The predicted octanol–water partition coefficient (Wildman–Crippen LogP) is 2.38. The van der Waals surface area contributed by atoms with Gasteiger partial charge in [0.15, 0.2) is 0 Å². The van der Waals surface area contributed by atoms with Gasteiger partial charge in [-0.3, -0.25) is 5.41 Å². The number of ether oxygens (including phenoxy) is 1. The van der Waals surface area contributed by atoms with Gasteiger partial charge in [0.25, 0.3) is 0 Å². The topological polar surface area (TPSA) is 72.0 Å². The third-order valence-corrected chi connectivity index (χ3v) is 2.75. The number of hydrogen-bond acceptors (Lipinski definition) is 3. The van der Waals surface area contributed by atoms with Crippen molar-refractivity contribution in [3.8, 4) is 5.88 Å². The lowest BCUT2D eigenvalue weighted by atomic mass is 10.1. The smallest absolute Gasteiger partial charge is 0.213 e. The molecule has 0 unspecified atom stereocenters. The Morgan fingerprint density at radius 2 is 1.95 bits per heavy atom. The van der Waals surface area contributed by atoms with Gasteiger partial charge in [-0.1, -0.05) is 30.3 Å². The van der Waals surface area contributed by atoms with Gasteiger partial charge in [0.05, 0.1) is 6.61 Å². The summed E-state index contributed by atoms with van der Waals surface area (Å²) in [6, 6.07) is 13.8. The molecule has 2 aromatic rings. The maximum atomic E-state index is 7.27. The molecule has 0 spiro atoms. The van der Waals surface area contributed by atoms with E-state index in [9.17, 15) is 0 Å². The van der Waals surface area contributed by atoms with Crippen molar-refractivity contribution >= 4 is 5.84 Å². The maximum Gasteiger partial charge on any atom is 0.213 e. The standard InChI is InChI=1S/C15H17N3O/c16-15(17)13-8-9-14(18-11-13)19-10-4-7-12-5-2-1-3-6-12/h1-3,5-6,8-9,11H,4,7,10H2,(H3,16,17). The SMILES string of the molecule is N=C(N)c1ccc(OCCCc2ccccc2)nc1. The number of nitrogens with two attached hydrogens (primary N) is 1. The molecule has 0 bridgehead atoms. The number of pyridine rings is 1. The van der Waals surface area contributed by atoms with Crippen LogP contribution in [0.25, 0.3) is 0 Å². The minimum Gasteiger partial charge on any atom is -0.478 e. The predicted molar refractivity (Wildman–Crippen MR) is 75.5 cm³/mol. The van der Waals surface area contributed by atoms with Crippen LogP contribution >= 0.6 is 0 Å². The van der Waals surface area contributed by atoms with E-state index in [4.69, 9.17) is 15.9 Å². The van der Waals surface area contributed by atoms with Crippen molar-refractivity contribution in [2.75, 3.05) is 6.61 Å². The quantitative estimate of drug-likeness (QED) is 0.473. The second-order valence-electron chi connectivity index (χ2n) is 4.24. The van der Waals surface area contributed by atoms with Gasteiger partial charge >= 0.3 is 0 Å². The highest BCUT2D eigenvalue weighted by Crippen LogP contribution is 2.08. The lowest BCUT2D eigenvalue weighted by Gasteiger charge is -2.06. The summed E-state index contributed by atoms with van der Waals surface area (Å²) < 4.78 is 5.54. The molecular formula is C15H17N3O. The number of hydrogen-bond donors (Lipinski definition) is 2. The molecular weight excluding hydrogens is 238 g/mol. The lowest BCUT2D eigenvalue weighted by molar-refractivity contribution is 0.299. The van der Waals surface area contributed by atoms with Gasteiger partial charge in [0.1, 0.15) is 5.84 Å². The second kappa shape index (κ2) is 6.54. The largest absolute Gasteiger partial charge is 0.478 e. The molecule has 0 radical (unpaired) electrons. The first-order valence-corrected chi connectivity index (χ1v) is 6.23. The van der Waals surface area contributed by atoms with Crippen molar-refractivity contribution in [2.45, 2.75) is 12.8 Å². The van der Waals surface area contributed by atoms with E-state index in [1.807, 2.05) is 18.2 Å². The van der Waals surface area contributed by atoms with Crippen LogP contribution in [0.3, 0.4) is 0 Å². The Balaban J connectivity index is 1.75. The molecule has 1 aromatic carbocycles. The van der Waals surface area contributed by atoms with E-state index < -0.39 is 0 Å². The van der Waals surface area contributed by atoms with Gasteiger partial charge in [0, 0.05) is 17.8 Å². The first-order chi connectivity index (χ1) is 9.25. The second-order valence-corrected chi connectivity index (χ2v) is 4.24. The summed E-state index contributed by atoms with van der Waals surface area (Å²) in [5, 5.41) is 7.27. The lowest BCUT2D eigenvalue weighted by Crippen LogP contribution is -2.11. The Morgan fingerprint density at radius 3 is 2.58 bits per heavy atom. The molecule has 1 aromatic heterocycles. The minimum absolute atomic E-state index is 0.0168. The van der Waals surface area contributed by atoms with E-state index in [1.165, 1.54) is 5.56 Å². The normalized spacial score (nSPS) is 10.1. The number of nitrogens with zero attached hydrogens (tertiary/aromatic N) is 1. The molecule has 3 N–H and O–H groups in total. The first-order valence-electron chi connectivity index (χ1n) is 6.23. The van der Waals surface area contributed by atoms with Crippen LogP contribution < -0.4 is 10.5 Å². The van der Waals surface area contributed by atoms with E-state index in [1.54, 1.807) is 18.3 Å². The fourth-order valence-electron chi connectivity index (χ4n) is 1.72. The minimum atomic E-state index is 0.0168. The number of nitrogens with one attached hydrogen (secondary N) is 1. The van der Waals surface area contributed by atoms with Crippen LogP contribution in [-0.2, 0) is 6.42 Å². The molecule has 4 heteroatoms. The number of aromatic nitrogens is 1. The molecule has 0 aliphatic heterocycles. The van der Waals surface area contributed by atoms with E-state index in [-0.39, 0.29) is 5.84 Å². The number of nitrogen functional groups attached to an aromatic ring is 1. The van der Waals surface area contributed by atoms with Crippen molar-refractivity contribution in [1.29, 1.82) is 5.41 Å². The molecule has 0 aliphatic rings. The molecule has 0 saturated carbocycles. The Labute approximate surface area is 112 Å². The highest BCUT2D eigenvalue weighted by molar-refractivity contribution is 5.94. The summed E-state index contributed by atoms with van der Waals surface area (Å²) >= 11 is 0. The summed E-state index contributed by atoms with van der Waals surface area (Å²) in [6.07, 6.45) is 3.49.